The molecular formula is C11H17ClN2O. The third-order valence-corrected chi connectivity index (χ3v) is 2.26. The molecule has 1 aromatic heterocycles. The van der Waals surface area contributed by atoms with E-state index in [0.29, 0.717) is 18.4 Å². The number of hydrogen-bond donors (Lipinski definition) is 0. The van der Waals surface area contributed by atoms with E-state index in [1.54, 1.807) is 6.20 Å². The molecule has 84 valence electrons. The molecule has 0 saturated carbocycles. The zero-order valence-electron chi connectivity index (χ0n) is 9.24. The second kappa shape index (κ2) is 6.64. The Balaban J connectivity index is 2.30. The van der Waals surface area contributed by atoms with Gasteiger partial charge in [0.1, 0.15) is 0 Å². The van der Waals surface area contributed by atoms with Crippen molar-refractivity contribution in [3.63, 3.8) is 0 Å². The first kappa shape index (κ1) is 12.3. The van der Waals surface area contributed by atoms with E-state index in [4.69, 9.17) is 16.3 Å². The standard InChI is InChI=1S/C11H17ClN2O/c1-14(2)6-3-7-15-11-8-10(9-12)4-5-13-11/h4-5,8H,3,6-7,9H2,1-2H3. The molecule has 0 aromatic carbocycles. The van der Waals surface area contributed by atoms with Crippen LogP contribution < -0.4 is 4.74 Å². The fourth-order valence-electron chi connectivity index (χ4n) is 1.17. The smallest absolute Gasteiger partial charge is 0.213 e. The normalized spacial score (nSPS) is 10.7. The van der Waals surface area contributed by atoms with Gasteiger partial charge in [0, 0.05) is 24.7 Å². The van der Waals surface area contributed by atoms with Gasteiger partial charge in [-0.25, -0.2) is 4.98 Å². The molecule has 0 bridgehead atoms. The summed E-state index contributed by atoms with van der Waals surface area (Å²) in [5.41, 5.74) is 1.04. The van der Waals surface area contributed by atoms with Crippen LogP contribution in [0, 0.1) is 0 Å². The molecule has 15 heavy (non-hydrogen) atoms. The number of rotatable bonds is 6. The Morgan fingerprint density at radius 1 is 1.47 bits per heavy atom. The van der Waals surface area contributed by atoms with Crippen molar-refractivity contribution in [1.29, 1.82) is 0 Å². The van der Waals surface area contributed by atoms with Gasteiger partial charge >= 0.3 is 0 Å². The van der Waals surface area contributed by atoms with Crippen molar-refractivity contribution in [2.24, 2.45) is 0 Å². The summed E-state index contributed by atoms with van der Waals surface area (Å²) in [7, 11) is 4.10. The van der Waals surface area contributed by atoms with Crippen LogP contribution in [0.4, 0.5) is 0 Å². The molecule has 0 aliphatic rings. The largest absolute Gasteiger partial charge is 0.478 e. The summed E-state index contributed by atoms with van der Waals surface area (Å²) < 4.78 is 5.50. The highest BCUT2D eigenvalue weighted by atomic mass is 35.5. The molecular weight excluding hydrogens is 212 g/mol. The number of nitrogens with zero attached hydrogens (tertiary/aromatic N) is 2. The fraction of sp³-hybridized carbons (Fsp3) is 0.545. The van der Waals surface area contributed by atoms with E-state index in [-0.39, 0.29) is 0 Å². The SMILES string of the molecule is CN(C)CCCOc1cc(CCl)ccn1. The number of ether oxygens (including phenoxy) is 1. The van der Waals surface area contributed by atoms with Crippen LogP contribution in [0.25, 0.3) is 0 Å². The monoisotopic (exact) mass is 228 g/mol. The minimum absolute atomic E-state index is 0.497. The van der Waals surface area contributed by atoms with Gasteiger partial charge in [-0.15, -0.1) is 11.6 Å². The summed E-state index contributed by atoms with van der Waals surface area (Å²) >= 11 is 5.71. The van der Waals surface area contributed by atoms with Gasteiger partial charge in [0.2, 0.25) is 5.88 Å². The molecule has 1 heterocycles. The molecule has 0 amide bonds. The minimum Gasteiger partial charge on any atom is -0.478 e. The quantitative estimate of drug-likeness (QED) is 0.551. The number of aromatic nitrogens is 1. The van der Waals surface area contributed by atoms with Crippen molar-refractivity contribution >= 4 is 11.6 Å². The molecule has 0 unspecified atom stereocenters. The fourth-order valence-corrected chi connectivity index (χ4v) is 1.34. The predicted molar refractivity (Wildman–Crippen MR) is 62.5 cm³/mol. The molecule has 1 aromatic rings. The van der Waals surface area contributed by atoms with Crippen LogP contribution in [-0.2, 0) is 5.88 Å². The van der Waals surface area contributed by atoms with Crippen LogP contribution in [0.2, 0.25) is 0 Å². The van der Waals surface area contributed by atoms with Crippen LogP contribution in [-0.4, -0.2) is 37.1 Å². The van der Waals surface area contributed by atoms with Gasteiger partial charge in [0.15, 0.2) is 0 Å². The Labute approximate surface area is 96.0 Å². The van der Waals surface area contributed by atoms with Gasteiger partial charge in [-0.3, -0.25) is 0 Å². The first-order valence-electron chi connectivity index (χ1n) is 5.01. The third kappa shape index (κ3) is 5.00. The Morgan fingerprint density at radius 3 is 2.93 bits per heavy atom. The highest BCUT2D eigenvalue weighted by molar-refractivity contribution is 6.17. The van der Waals surface area contributed by atoms with Crippen molar-refractivity contribution in [3.8, 4) is 5.88 Å². The van der Waals surface area contributed by atoms with Crippen molar-refractivity contribution < 1.29 is 4.74 Å². The Kier molecular flexibility index (Phi) is 5.43. The average molecular weight is 229 g/mol. The Morgan fingerprint density at radius 2 is 2.27 bits per heavy atom. The van der Waals surface area contributed by atoms with E-state index in [1.807, 2.05) is 26.2 Å². The zero-order valence-corrected chi connectivity index (χ0v) is 10.00. The summed E-state index contributed by atoms with van der Waals surface area (Å²) in [4.78, 5) is 6.24. The first-order valence-corrected chi connectivity index (χ1v) is 5.54. The molecule has 0 atom stereocenters. The van der Waals surface area contributed by atoms with Crippen molar-refractivity contribution in [1.82, 2.24) is 9.88 Å². The second-order valence-electron chi connectivity index (χ2n) is 3.64. The van der Waals surface area contributed by atoms with E-state index >= 15 is 0 Å². The topological polar surface area (TPSA) is 25.4 Å². The maximum Gasteiger partial charge on any atom is 0.213 e. The van der Waals surface area contributed by atoms with Gasteiger partial charge < -0.3 is 9.64 Å². The van der Waals surface area contributed by atoms with Gasteiger partial charge in [-0.1, -0.05) is 0 Å². The molecule has 1 rings (SSSR count). The van der Waals surface area contributed by atoms with Gasteiger partial charge in [0.05, 0.1) is 6.61 Å². The third-order valence-electron chi connectivity index (χ3n) is 1.95. The number of halogens is 1. The lowest BCUT2D eigenvalue weighted by molar-refractivity contribution is 0.273. The van der Waals surface area contributed by atoms with E-state index in [1.165, 1.54) is 0 Å². The van der Waals surface area contributed by atoms with Crippen LogP contribution in [0.3, 0.4) is 0 Å². The second-order valence-corrected chi connectivity index (χ2v) is 3.91. The number of alkyl halides is 1. The first-order chi connectivity index (χ1) is 7.22. The summed E-state index contributed by atoms with van der Waals surface area (Å²) in [6.45, 7) is 1.71. The molecule has 3 nitrogen and oxygen atoms in total. The molecule has 0 N–H and O–H groups in total. The summed E-state index contributed by atoms with van der Waals surface area (Å²) in [6.07, 6.45) is 2.72. The maximum absolute atomic E-state index is 5.71. The van der Waals surface area contributed by atoms with E-state index in [0.717, 1.165) is 18.5 Å². The van der Waals surface area contributed by atoms with Crippen LogP contribution in [0.1, 0.15) is 12.0 Å². The lowest BCUT2D eigenvalue weighted by atomic mass is 10.3. The average Bonchev–Trinajstić information content (AvgIpc) is 2.24. The molecule has 4 heteroatoms. The lowest BCUT2D eigenvalue weighted by Gasteiger charge is -2.10. The highest BCUT2D eigenvalue weighted by Gasteiger charge is 1.97. The van der Waals surface area contributed by atoms with E-state index < -0.39 is 0 Å². The lowest BCUT2D eigenvalue weighted by Crippen LogP contribution is -2.15. The van der Waals surface area contributed by atoms with Gasteiger partial charge in [0.25, 0.3) is 0 Å². The maximum atomic E-state index is 5.71. The Hall–Kier alpha value is -0.800. The Bertz CT molecular complexity index is 292. The molecule has 0 spiro atoms. The minimum atomic E-state index is 0.497. The predicted octanol–water partition coefficient (Wildman–Crippen LogP) is 2.15. The zero-order chi connectivity index (χ0) is 11.1. The molecule has 0 aliphatic carbocycles. The van der Waals surface area contributed by atoms with E-state index in [9.17, 15) is 0 Å². The number of hydrogen-bond acceptors (Lipinski definition) is 3. The molecule has 0 fully saturated rings. The summed E-state index contributed by atoms with van der Waals surface area (Å²) in [6, 6.07) is 3.77. The van der Waals surface area contributed by atoms with Crippen LogP contribution >= 0.6 is 11.6 Å². The van der Waals surface area contributed by atoms with E-state index in [2.05, 4.69) is 9.88 Å². The highest BCUT2D eigenvalue weighted by Crippen LogP contribution is 2.11. The van der Waals surface area contributed by atoms with Crippen LogP contribution in [0.5, 0.6) is 5.88 Å². The van der Waals surface area contributed by atoms with Crippen molar-refractivity contribution in [2.45, 2.75) is 12.3 Å². The number of pyridine rings is 1. The van der Waals surface area contributed by atoms with Crippen LogP contribution in [0.15, 0.2) is 18.3 Å². The van der Waals surface area contributed by atoms with Gasteiger partial charge in [-0.2, -0.15) is 0 Å². The summed E-state index contributed by atoms with van der Waals surface area (Å²) in [5.74, 6) is 1.16. The summed E-state index contributed by atoms with van der Waals surface area (Å²) in [5, 5.41) is 0. The molecule has 0 aliphatic heterocycles. The molecule has 0 radical (unpaired) electrons. The molecule has 0 saturated heterocycles. The van der Waals surface area contributed by atoms with Crippen molar-refractivity contribution in [2.75, 3.05) is 27.2 Å². The van der Waals surface area contributed by atoms with Crippen molar-refractivity contribution in [3.05, 3.63) is 23.9 Å². The van der Waals surface area contributed by atoms with Gasteiger partial charge in [-0.05, 0) is 32.1 Å².